The van der Waals surface area contributed by atoms with E-state index in [1.807, 2.05) is 4.90 Å². The lowest BCUT2D eigenvalue weighted by atomic mass is 9.88. The fraction of sp³-hybridized carbons (Fsp3) is 0.773. The van der Waals surface area contributed by atoms with Gasteiger partial charge in [-0.15, -0.1) is 5.10 Å². The van der Waals surface area contributed by atoms with E-state index in [0.29, 0.717) is 19.5 Å². The molecule has 0 aliphatic carbocycles. The molecule has 0 spiro atoms. The summed E-state index contributed by atoms with van der Waals surface area (Å²) in [7, 11) is 2.20. The number of carbonyl (C=O) groups excluding carboxylic acids is 1. The Labute approximate surface area is 174 Å². The normalized spacial score (nSPS) is 25.8. The van der Waals surface area contributed by atoms with E-state index in [4.69, 9.17) is 0 Å². The zero-order valence-corrected chi connectivity index (χ0v) is 18.3. The van der Waals surface area contributed by atoms with Gasteiger partial charge in [0.15, 0.2) is 5.82 Å². The van der Waals surface area contributed by atoms with Crippen LogP contribution in [0.25, 0.3) is 0 Å². The molecule has 1 amide bonds. The summed E-state index contributed by atoms with van der Waals surface area (Å²) < 4.78 is 0. The van der Waals surface area contributed by atoms with Crippen molar-refractivity contribution in [2.75, 3.05) is 44.7 Å². The van der Waals surface area contributed by atoms with Gasteiger partial charge in [0.25, 0.3) is 0 Å². The molecule has 1 unspecified atom stereocenters. The maximum Gasteiger partial charge on any atom is 0.225 e. The van der Waals surface area contributed by atoms with E-state index in [1.54, 1.807) is 0 Å². The number of rotatable bonds is 4. The Balaban J connectivity index is 1.39. The summed E-state index contributed by atoms with van der Waals surface area (Å²) in [5, 5.41) is 19.3. The quantitative estimate of drug-likeness (QED) is 0.825. The van der Waals surface area contributed by atoms with Crippen molar-refractivity contribution in [2.45, 2.75) is 52.7 Å². The molecule has 29 heavy (non-hydrogen) atoms. The highest BCUT2D eigenvalue weighted by molar-refractivity contribution is 5.77. The molecule has 160 valence electrons. The van der Waals surface area contributed by atoms with Gasteiger partial charge in [0.2, 0.25) is 5.91 Å². The first-order chi connectivity index (χ1) is 13.7. The van der Waals surface area contributed by atoms with Crippen LogP contribution in [0.2, 0.25) is 0 Å². The van der Waals surface area contributed by atoms with Gasteiger partial charge < -0.3 is 19.8 Å². The number of amides is 1. The van der Waals surface area contributed by atoms with Crippen LogP contribution in [-0.4, -0.2) is 76.9 Å². The molecule has 0 saturated carbocycles. The number of nitrogens with zero attached hydrogens (tertiary/aromatic N) is 5. The van der Waals surface area contributed by atoms with E-state index in [1.165, 1.54) is 13.1 Å². The predicted octanol–water partition coefficient (Wildman–Crippen LogP) is 1.55. The Kier molecular flexibility index (Phi) is 5.55. The molecular formula is C22H35N5O2. The van der Waals surface area contributed by atoms with Crippen LogP contribution in [0, 0.1) is 17.3 Å². The highest BCUT2D eigenvalue weighted by Gasteiger charge is 2.39. The zero-order chi connectivity index (χ0) is 20.8. The van der Waals surface area contributed by atoms with E-state index >= 15 is 0 Å². The smallest absolute Gasteiger partial charge is 0.225 e. The second-order valence-corrected chi connectivity index (χ2v) is 10.5. The number of aliphatic hydroxyl groups is 1. The maximum atomic E-state index is 12.7. The van der Waals surface area contributed by atoms with E-state index < -0.39 is 6.10 Å². The van der Waals surface area contributed by atoms with Crippen LogP contribution >= 0.6 is 0 Å². The molecule has 2 fully saturated rings. The number of aromatic nitrogens is 2. The third kappa shape index (κ3) is 4.72. The Hall–Kier alpha value is -1.73. The van der Waals surface area contributed by atoms with Gasteiger partial charge in [0.1, 0.15) is 0 Å². The minimum atomic E-state index is -0.586. The maximum absolute atomic E-state index is 12.7. The molecule has 7 nitrogen and oxygen atoms in total. The van der Waals surface area contributed by atoms with E-state index in [-0.39, 0.29) is 17.7 Å². The molecule has 0 aromatic carbocycles. The van der Waals surface area contributed by atoms with E-state index in [0.717, 1.165) is 48.4 Å². The molecule has 0 radical (unpaired) electrons. The van der Waals surface area contributed by atoms with Gasteiger partial charge in [-0.25, -0.2) is 0 Å². The molecule has 1 N–H and O–H groups in total. The minimum Gasteiger partial charge on any atom is -0.393 e. The molecular weight excluding hydrogens is 366 g/mol. The van der Waals surface area contributed by atoms with Crippen LogP contribution in [0.3, 0.4) is 0 Å². The van der Waals surface area contributed by atoms with Crippen molar-refractivity contribution >= 4 is 11.7 Å². The first-order valence-electron chi connectivity index (χ1n) is 10.9. The summed E-state index contributed by atoms with van der Waals surface area (Å²) in [5.41, 5.74) is 2.13. The molecule has 4 rings (SSSR count). The number of aliphatic hydroxyl groups excluding tert-OH is 1. The van der Waals surface area contributed by atoms with Gasteiger partial charge in [-0.3, -0.25) is 4.79 Å². The van der Waals surface area contributed by atoms with Gasteiger partial charge in [-0.05, 0) is 42.3 Å². The second kappa shape index (κ2) is 7.84. The lowest BCUT2D eigenvalue weighted by molar-refractivity contribution is -0.134. The van der Waals surface area contributed by atoms with E-state index in [9.17, 15) is 9.90 Å². The average Bonchev–Trinajstić information content (AvgIpc) is 3.16. The van der Waals surface area contributed by atoms with Crippen LogP contribution < -0.4 is 4.90 Å². The fourth-order valence-corrected chi connectivity index (χ4v) is 5.21. The monoisotopic (exact) mass is 401 g/mol. The summed E-state index contributed by atoms with van der Waals surface area (Å²) in [4.78, 5) is 19.4. The van der Waals surface area contributed by atoms with Gasteiger partial charge in [0.05, 0.1) is 18.2 Å². The molecule has 2 saturated heterocycles. The van der Waals surface area contributed by atoms with Gasteiger partial charge in [-0.1, -0.05) is 20.8 Å². The summed E-state index contributed by atoms with van der Waals surface area (Å²) in [6.45, 7) is 11.9. The summed E-state index contributed by atoms with van der Waals surface area (Å²) in [5.74, 6) is 2.42. The minimum absolute atomic E-state index is 0.0154. The molecule has 1 aromatic rings. The lowest BCUT2D eigenvalue weighted by Crippen LogP contribution is -2.38. The lowest BCUT2D eigenvalue weighted by Gasteiger charge is -2.30. The number of carbonyl (C=O) groups is 1. The van der Waals surface area contributed by atoms with Crippen molar-refractivity contribution < 1.29 is 9.90 Å². The average molecular weight is 402 g/mol. The number of hydrogen-bond acceptors (Lipinski definition) is 6. The Morgan fingerprint density at radius 3 is 2.55 bits per heavy atom. The van der Waals surface area contributed by atoms with Crippen molar-refractivity contribution in [1.29, 1.82) is 0 Å². The summed E-state index contributed by atoms with van der Waals surface area (Å²) in [6.07, 6.45) is 0.976. The number of hydrogen-bond donors (Lipinski definition) is 1. The summed E-state index contributed by atoms with van der Waals surface area (Å²) in [6, 6.07) is 2.14. The van der Waals surface area contributed by atoms with Crippen LogP contribution in [0.1, 0.15) is 44.9 Å². The molecule has 7 heteroatoms. The highest BCUT2D eigenvalue weighted by Crippen LogP contribution is 2.33. The first kappa shape index (κ1) is 20.5. The predicted molar refractivity (Wildman–Crippen MR) is 113 cm³/mol. The molecule has 3 aliphatic heterocycles. The van der Waals surface area contributed by atoms with Crippen LogP contribution in [0.4, 0.5) is 5.82 Å². The topological polar surface area (TPSA) is 72.8 Å². The fourth-order valence-electron chi connectivity index (χ4n) is 5.21. The molecule has 3 aliphatic rings. The van der Waals surface area contributed by atoms with Crippen molar-refractivity contribution in [2.24, 2.45) is 17.3 Å². The Morgan fingerprint density at radius 1 is 1.21 bits per heavy atom. The SMILES string of the molecule is CN1C[C@@H]2CN(c3cc4c(nn3)CCN(C(=O)CC(O)CC(C)(C)C)C4)C[C@@H]2C1. The number of anilines is 1. The standard InChI is InChI=1S/C22H35N5O2/c1-22(2,3)9-18(28)8-21(29)26-6-5-19-15(12-26)7-20(24-23-19)27-13-16-10-25(4)11-17(16)14-27/h7,16-18,28H,5-6,8-14H2,1-4H3/t16-,17+,18?. The first-order valence-corrected chi connectivity index (χ1v) is 10.9. The van der Waals surface area contributed by atoms with Crippen molar-refractivity contribution in [3.63, 3.8) is 0 Å². The third-order valence-electron chi connectivity index (χ3n) is 6.53. The molecule has 4 heterocycles. The molecule has 0 bridgehead atoms. The van der Waals surface area contributed by atoms with Crippen LogP contribution in [0.5, 0.6) is 0 Å². The Bertz CT molecular complexity index is 748. The summed E-state index contributed by atoms with van der Waals surface area (Å²) >= 11 is 0. The van der Waals surface area contributed by atoms with Crippen LogP contribution in [0.15, 0.2) is 6.07 Å². The zero-order valence-electron chi connectivity index (χ0n) is 18.3. The second-order valence-electron chi connectivity index (χ2n) is 10.5. The van der Waals surface area contributed by atoms with Crippen molar-refractivity contribution in [1.82, 2.24) is 20.0 Å². The molecule has 3 atom stereocenters. The third-order valence-corrected chi connectivity index (χ3v) is 6.53. The van der Waals surface area contributed by atoms with Crippen molar-refractivity contribution in [3.8, 4) is 0 Å². The highest BCUT2D eigenvalue weighted by atomic mass is 16.3. The van der Waals surface area contributed by atoms with Crippen molar-refractivity contribution in [3.05, 3.63) is 17.3 Å². The Morgan fingerprint density at radius 2 is 1.90 bits per heavy atom. The molecule has 1 aromatic heterocycles. The number of likely N-dealkylation sites (tertiary alicyclic amines) is 1. The van der Waals surface area contributed by atoms with Crippen LogP contribution in [-0.2, 0) is 17.8 Å². The van der Waals surface area contributed by atoms with Gasteiger partial charge in [-0.2, -0.15) is 5.10 Å². The largest absolute Gasteiger partial charge is 0.393 e. The van der Waals surface area contributed by atoms with Gasteiger partial charge in [0, 0.05) is 45.7 Å². The van der Waals surface area contributed by atoms with E-state index in [2.05, 4.69) is 53.9 Å². The van der Waals surface area contributed by atoms with Gasteiger partial charge >= 0.3 is 0 Å². The number of fused-ring (bicyclic) bond motifs is 2.